The lowest BCUT2D eigenvalue weighted by Crippen LogP contribution is -2.37. The number of benzene rings is 1. The second kappa shape index (κ2) is 9.61. The first-order valence-electron chi connectivity index (χ1n) is 11.4. The van der Waals surface area contributed by atoms with Crippen LogP contribution in [0.25, 0.3) is 0 Å². The van der Waals surface area contributed by atoms with Crippen molar-refractivity contribution in [1.29, 1.82) is 0 Å². The summed E-state index contributed by atoms with van der Waals surface area (Å²) >= 11 is 1.78. The van der Waals surface area contributed by atoms with Gasteiger partial charge in [-0.25, -0.2) is 0 Å². The first-order valence-corrected chi connectivity index (χ1v) is 12.2. The van der Waals surface area contributed by atoms with Gasteiger partial charge in [-0.2, -0.15) is 0 Å². The normalized spacial score (nSPS) is 18.3. The monoisotopic (exact) mass is 442 g/mol. The minimum Gasteiger partial charge on any atom is -0.493 e. The summed E-state index contributed by atoms with van der Waals surface area (Å²) in [4.78, 5) is 16.1. The van der Waals surface area contributed by atoms with E-state index in [-0.39, 0.29) is 11.9 Å². The second-order valence-electron chi connectivity index (χ2n) is 8.87. The van der Waals surface area contributed by atoms with E-state index >= 15 is 0 Å². The van der Waals surface area contributed by atoms with E-state index in [0.717, 1.165) is 48.3 Å². The Labute approximate surface area is 189 Å². The predicted octanol–water partition coefficient (Wildman–Crippen LogP) is 5.42. The predicted molar refractivity (Wildman–Crippen MR) is 127 cm³/mol. The number of hydrogen-bond donors (Lipinski definition) is 1. The number of rotatable bonds is 6. The van der Waals surface area contributed by atoms with Crippen LogP contribution in [0.1, 0.15) is 67.1 Å². The quantitative estimate of drug-likeness (QED) is 0.649. The average molecular weight is 443 g/mol. The van der Waals surface area contributed by atoms with E-state index in [2.05, 4.69) is 29.3 Å². The van der Waals surface area contributed by atoms with Crippen LogP contribution >= 0.6 is 11.3 Å². The van der Waals surface area contributed by atoms with Gasteiger partial charge < -0.3 is 14.8 Å². The summed E-state index contributed by atoms with van der Waals surface area (Å²) in [6.07, 6.45) is 7.05. The summed E-state index contributed by atoms with van der Waals surface area (Å²) in [7, 11) is 3.36. The highest BCUT2D eigenvalue weighted by molar-refractivity contribution is 7.16. The molecule has 1 fully saturated rings. The number of anilines is 1. The third-order valence-electron chi connectivity index (χ3n) is 6.68. The lowest BCUT2D eigenvalue weighted by molar-refractivity contribution is -0.114. The fourth-order valence-electron chi connectivity index (χ4n) is 5.00. The largest absolute Gasteiger partial charge is 0.493 e. The number of thiophene rings is 1. The summed E-state index contributed by atoms with van der Waals surface area (Å²) < 4.78 is 11.1. The number of aryl methyl sites for hydroxylation is 1. The van der Waals surface area contributed by atoms with Gasteiger partial charge in [0.2, 0.25) is 5.91 Å². The Balaban J connectivity index is 1.86. The molecule has 4 rings (SSSR count). The molecule has 168 valence electrons. The number of amides is 1. The topological polar surface area (TPSA) is 50.8 Å². The molecule has 1 aliphatic heterocycles. The van der Waals surface area contributed by atoms with Gasteiger partial charge in [0.15, 0.2) is 11.5 Å². The van der Waals surface area contributed by atoms with Crippen molar-refractivity contribution in [2.75, 3.05) is 32.6 Å². The van der Waals surface area contributed by atoms with Gasteiger partial charge in [0, 0.05) is 17.4 Å². The number of carbonyl (C=O) groups is 1. The second-order valence-corrected chi connectivity index (χ2v) is 9.98. The van der Waals surface area contributed by atoms with E-state index < -0.39 is 0 Å². The molecule has 1 aromatic carbocycles. The van der Waals surface area contributed by atoms with Gasteiger partial charge in [-0.3, -0.25) is 9.69 Å². The van der Waals surface area contributed by atoms with E-state index in [4.69, 9.17) is 9.47 Å². The maximum atomic E-state index is 12.1. The number of carbonyl (C=O) groups excluding carboxylic acids is 1. The Morgan fingerprint density at radius 1 is 1.13 bits per heavy atom. The van der Waals surface area contributed by atoms with Crippen LogP contribution in [0.3, 0.4) is 0 Å². The molecule has 2 aliphatic rings. The molecule has 31 heavy (non-hydrogen) atoms. The molecule has 6 heteroatoms. The number of fused-ring (bicyclic) bond motifs is 1. The maximum absolute atomic E-state index is 12.1. The van der Waals surface area contributed by atoms with Gasteiger partial charge in [-0.15, -0.1) is 11.3 Å². The fraction of sp³-hybridized carbons (Fsp3) is 0.560. The molecule has 1 aliphatic carbocycles. The van der Waals surface area contributed by atoms with E-state index in [1.54, 1.807) is 32.5 Å². The van der Waals surface area contributed by atoms with Gasteiger partial charge in [0.05, 0.1) is 20.3 Å². The number of hydrogen-bond acceptors (Lipinski definition) is 5. The van der Waals surface area contributed by atoms with Gasteiger partial charge in [0.25, 0.3) is 0 Å². The molecule has 1 amide bonds. The summed E-state index contributed by atoms with van der Waals surface area (Å²) in [5.41, 5.74) is 3.96. The first kappa shape index (κ1) is 22.2. The van der Waals surface area contributed by atoms with Crippen molar-refractivity contribution in [2.45, 2.75) is 58.4 Å². The zero-order valence-corrected chi connectivity index (χ0v) is 19.9. The molecular weight excluding hydrogens is 408 g/mol. The number of piperidine rings is 1. The Hall–Kier alpha value is -2.05. The Bertz CT molecular complexity index is 931. The summed E-state index contributed by atoms with van der Waals surface area (Å²) in [5, 5.41) is 4.20. The first-order chi connectivity index (χ1) is 15.0. The van der Waals surface area contributed by atoms with Crippen LogP contribution in [-0.4, -0.2) is 38.1 Å². The van der Waals surface area contributed by atoms with Crippen molar-refractivity contribution < 1.29 is 14.3 Å². The molecule has 1 N–H and O–H groups in total. The highest BCUT2D eigenvalue weighted by atomic mass is 32.1. The minimum absolute atomic E-state index is 0.00169. The Kier molecular flexibility index (Phi) is 6.87. The summed E-state index contributed by atoms with van der Waals surface area (Å²) in [5.74, 6) is 2.25. The molecule has 1 atom stereocenters. The molecule has 0 bridgehead atoms. The molecule has 1 saturated heterocycles. The molecule has 0 radical (unpaired) electrons. The highest BCUT2D eigenvalue weighted by Crippen LogP contribution is 2.47. The van der Waals surface area contributed by atoms with Gasteiger partial charge in [-0.1, -0.05) is 13.0 Å². The third kappa shape index (κ3) is 4.60. The average Bonchev–Trinajstić information content (AvgIpc) is 3.12. The lowest BCUT2D eigenvalue weighted by Gasteiger charge is -2.38. The van der Waals surface area contributed by atoms with E-state index in [0.29, 0.717) is 0 Å². The maximum Gasteiger partial charge on any atom is 0.221 e. The SMILES string of the molecule is COc1ccc(C(c2c(NC(C)=O)sc3c2CCCC3)N2CCC(C)CC2)cc1OC. The van der Waals surface area contributed by atoms with Crippen LogP contribution in [0.15, 0.2) is 18.2 Å². The minimum atomic E-state index is -0.00169. The van der Waals surface area contributed by atoms with Gasteiger partial charge >= 0.3 is 0 Å². The molecule has 1 aromatic heterocycles. The molecule has 5 nitrogen and oxygen atoms in total. The van der Waals surface area contributed by atoms with E-state index in [1.807, 2.05) is 6.07 Å². The van der Waals surface area contributed by atoms with E-state index in [9.17, 15) is 4.79 Å². The van der Waals surface area contributed by atoms with Crippen LogP contribution < -0.4 is 14.8 Å². The number of nitrogens with one attached hydrogen (secondary N) is 1. The van der Waals surface area contributed by atoms with Crippen LogP contribution in [0, 0.1) is 5.92 Å². The smallest absolute Gasteiger partial charge is 0.221 e. The standard InChI is InChI=1S/C25H34N2O3S/c1-16-11-13-27(14-12-16)24(18-9-10-20(29-3)21(15-18)30-4)23-19-7-5-6-8-22(19)31-25(23)26-17(2)28/h9-10,15-16,24H,5-8,11-14H2,1-4H3,(H,26,28). The summed E-state index contributed by atoms with van der Waals surface area (Å²) in [6.45, 7) is 6.07. The third-order valence-corrected chi connectivity index (χ3v) is 7.90. The highest BCUT2D eigenvalue weighted by Gasteiger charge is 2.33. The number of likely N-dealkylation sites (tertiary alicyclic amines) is 1. The Morgan fingerprint density at radius 3 is 2.52 bits per heavy atom. The molecular formula is C25H34N2O3S. The molecule has 0 saturated carbocycles. The Morgan fingerprint density at radius 2 is 1.84 bits per heavy atom. The molecule has 2 aromatic rings. The van der Waals surface area contributed by atoms with Crippen molar-refractivity contribution in [3.63, 3.8) is 0 Å². The van der Waals surface area contributed by atoms with Crippen molar-refractivity contribution in [3.8, 4) is 11.5 Å². The number of ether oxygens (including phenoxy) is 2. The fourth-order valence-corrected chi connectivity index (χ4v) is 6.37. The van der Waals surface area contributed by atoms with Crippen molar-refractivity contribution in [3.05, 3.63) is 39.8 Å². The van der Waals surface area contributed by atoms with Crippen molar-refractivity contribution in [1.82, 2.24) is 4.90 Å². The van der Waals surface area contributed by atoms with Crippen LogP contribution in [-0.2, 0) is 17.6 Å². The van der Waals surface area contributed by atoms with E-state index in [1.165, 1.54) is 47.3 Å². The van der Waals surface area contributed by atoms with Crippen molar-refractivity contribution in [2.24, 2.45) is 5.92 Å². The van der Waals surface area contributed by atoms with Gasteiger partial charge in [-0.05, 0) is 80.8 Å². The van der Waals surface area contributed by atoms with Crippen LogP contribution in [0.5, 0.6) is 11.5 Å². The van der Waals surface area contributed by atoms with Gasteiger partial charge in [0.1, 0.15) is 5.00 Å². The van der Waals surface area contributed by atoms with Crippen LogP contribution in [0.2, 0.25) is 0 Å². The molecule has 1 unspecified atom stereocenters. The zero-order chi connectivity index (χ0) is 22.0. The summed E-state index contributed by atoms with van der Waals surface area (Å²) in [6, 6.07) is 6.39. The molecule has 0 spiro atoms. The molecule has 2 heterocycles. The number of methoxy groups -OCH3 is 2. The zero-order valence-electron chi connectivity index (χ0n) is 19.1. The van der Waals surface area contributed by atoms with Crippen LogP contribution in [0.4, 0.5) is 5.00 Å². The van der Waals surface area contributed by atoms with Crippen molar-refractivity contribution >= 4 is 22.2 Å². The lowest BCUT2D eigenvalue weighted by atomic mass is 9.87. The number of nitrogens with zero attached hydrogens (tertiary/aromatic N) is 1.